The molecule has 2 aliphatic rings. The second kappa shape index (κ2) is 7.69. The molecular formula is C17H22FN3O4. The van der Waals surface area contributed by atoms with Gasteiger partial charge in [-0.15, -0.1) is 0 Å². The van der Waals surface area contributed by atoms with E-state index in [2.05, 4.69) is 10.6 Å². The number of nitrogens with one attached hydrogen (secondary N) is 2. The molecule has 2 saturated heterocycles. The van der Waals surface area contributed by atoms with Crippen LogP contribution in [-0.4, -0.2) is 50.9 Å². The Labute approximate surface area is 145 Å². The molecule has 2 amide bonds. The average molecular weight is 351 g/mol. The number of carbonyl (C=O) groups is 2. The zero-order valence-electron chi connectivity index (χ0n) is 14.1. The van der Waals surface area contributed by atoms with Gasteiger partial charge in [0.1, 0.15) is 6.10 Å². The van der Waals surface area contributed by atoms with Crippen molar-refractivity contribution >= 4 is 17.7 Å². The molecule has 1 aromatic carbocycles. The maximum Gasteiger partial charge on any atom is 0.414 e. The van der Waals surface area contributed by atoms with Gasteiger partial charge in [0.05, 0.1) is 25.4 Å². The van der Waals surface area contributed by atoms with Gasteiger partial charge in [0.2, 0.25) is 5.91 Å². The van der Waals surface area contributed by atoms with Crippen LogP contribution in [0.5, 0.6) is 5.75 Å². The topological polar surface area (TPSA) is 79.9 Å². The Bertz CT molecular complexity index is 649. The van der Waals surface area contributed by atoms with E-state index < -0.39 is 18.0 Å². The van der Waals surface area contributed by atoms with Crippen LogP contribution in [0.15, 0.2) is 18.2 Å². The molecule has 0 bridgehead atoms. The van der Waals surface area contributed by atoms with Crippen molar-refractivity contribution < 1.29 is 23.5 Å². The van der Waals surface area contributed by atoms with Crippen LogP contribution in [0.1, 0.15) is 13.3 Å². The van der Waals surface area contributed by atoms with E-state index in [1.165, 1.54) is 24.0 Å². The van der Waals surface area contributed by atoms with Gasteiger partial charge in [0.25, 0.3) is 0 Å². The number of carbonyl (C=O) groups excluding carboxylic acids is 2. The summed E-state index contributed by atoms with van der Waals surface area (Å²) < 4.78 is 25.0. The number of anilines is 1. The summed E-state index contributed by atoms with van der Waals surface area (Å²) in [5, 5.41) is 5.84. The Morgan fingerprint density at radius 1 is 1.52 bits per heavy atom. The second-order valence-corrected chi connectivity index (χ2v) is 6.34. The summed E-state index contributed by atoms with van der Waals surface area (Å²) in [7, 11) is 0. The highest BCUT2D eigenvalue weighted by Crippen LogP contribution is 2.27. The van der Waals surface area contributed by atoms with E-state index >= 15 is 0 Å². The molecule has 8 heteroatoms. The van der Waals surface area contributed by atoms with Crippen molar-refractivity contribution in [1.82, 2.24) is 10.6 Å². The number of ether oxygens (including phenoxy) is 2. The summed E-state index contributed by atoms with van der Waals surface area (Å²) in [6.45, 7) is 4.20. The summed E-state index contributed by atoms with van der Waals surface area (Å²) >= 11 is 0. The molecule has 0 saturated carbocycles. The molecule has 0 aliphatic carbocycles. The average Bonchev–Trinajstić information content (AvgIpc) is 3.21. The van der Waals surface area contributed by atoms with Crippen molar-refractivity contribution in [2.45, 2.75) is 19.4 Å². The lowest BCUT2D eigenvalue weighted by molar-refractivity contribution is -0.119. The first-order valence-electron chi connectivity index (χ1n) is 8.38. The van der Waals surface area contributed by atoms with E-state index in [0.717, 1.165) is 19.5 Å². The molecule has 1 unspecified atom stereocenters. The van der Waals surface area contributed by atoms with Crippen molar-refractivity contribution in [2.24, 2.45) is 5.92 Å². The number of cyclic esters (lactones) is 1. The number of hydrogen-bond acceptors (Lipinski definition) is 5. The lowest BCUT2D eigenvalue weighted by Crippen LogP contribution is -2.33. The van der Waals surface area contributed by atoms with Crippen molar-refractivity contribution in [3.63, 3.8) is 0 Å². The summed E-state index contributed by atoms with van der Waals surface area (Å²) in [6, 6.07) is 4.43. The third kappa shape index (κ3) is 4.39. The minimum atomic E-state index is -0.555. The van der Waals surface area contributed by atoms with Crippen molar-refractivity contribution in [3.8, 4) is 5.75 Å². The van der Waals surface area contributed by atoms with Crippen LogP contribution in [0.2, 0.25) is 0 Å². The fraction of sp³-hybridized carbons (Fsp3) is 0.529. The summed E-state index contributed by atoms with van der Waals surface area (Å²) in [5.74, 6) is -0.138. The highest BCUT2D eigenvalue weighted by molar-refractivity contribution is 5.89. The summed E-state index contributed by atoms with van der Waals surface area (Å²) in [5.41, 5.74) is 0.405. The van der Waals surface area contributed by atoms with Gasteiger partial charge >= 0.3 is 6.09 Å². The maximum atomic E-state index is 14.3. The van der Waals surface area contributed by atoms with Crippen LogP contribution in [0.25, 0.3) is 0 Å². The SMILES string of the molecule is CC(=O)NC[C@H]1CN(c2ccc(OCC3CCNC3)c(F)c2)C(=O)O1. The Balaban J connectivity index is 1.59. The largest absolute Gasteiger partial charge is 0.490 e. The molecule has 2 fully saturated rings. The Hall–Kier alpha value is -2.35. The number of nitrogens with zero attached hydrogens (tertiary/aromatic N) is 1. The quantitative estimate of drug-likeness (QED) is 0.807. The van der Waals surface area contributed by atoms with Gasteiger partial charge in [0.15, 0.2) is 11.6 Å². The van der Waals surface area contributed by atoms with E-state index in [-0.39, 0.29) is 24.7 Å². The van der Waals surface area contributed by atoms with Gasteiger partial charge < -0.3 is 20.1 Å². The summed E-state index contributed by atoms with van der Waals surface area (Å²) in [6.07, 6.45) is 0.0142. The van der Waals surface area contributed by atoms with Crippen LogP contribution in [0.4, 0.5) is 14.9 Å². The van der Waals surface area contributed by atoms with Gasteiger partial charge in [-0.3, -0.25) is 9.69 Å². The zero-order chi connectivity index (χ0) is 17.8. The van der Waals surface area contributed by atoms with Crippen LogP contribution in [0, 0.1) is 11.7 Å². The first kappa shape index (κ1) is 17.5. The van der Waals surface area contributed by atoms with Crippen LogP contribution >= 0.6 is 0 Å². The molecule has 2 atom stereocenters. The third-order valence-corrected chi connectivity index (χ3v) is 4.32. The van der Waals surface area contributed by atoms with E-state index in [0.29, 0.717) is 18.2 Å². The fourth-order valence-electron chi connectivity index (χ4n) is 2.94. The molecule has 136 valence electrons. The Morgan fingerprint density at radius 3 is 3.04 bits per heavy atom. The van der Waals surface area contributed by atoms with Crippen LogP contribution in [-0.2, 0) is 9.53 Å². The lowest BCUT2D eigenvalue weighted by Gasteiger charge is -2.16. The molecule has 25 heavy (non-hydrogen) atoms. The first-order chi connectivity index (χ1) is 12.0. The Kier molecular flexibility index (Phi) is 5.37. The molecule has 2 N–H and O–H groups in total. The molecule has 0 radical (unpaired) electrons. The minimum Gasteiger partial charge on any atom is -0.490 e. The molecule has 0 aromatic heterocycles. The van der Waals surface area contributed by atoms with Gasteiger partial charge in [-0.05, 0) is 25.1 Å². The van der Waals surface area contributed by atoms with Crippen LogP contribution in [0.3, 0.4) is 0 Å². The van der Waals surface area contributed by atoms with E-state index in [9.17, 15) is 14.0 Å². The van der Waals surface area contributed by atoms with Crippen molar-refractivity contribution in [3.05, 3.63) is 24.0 Å². The number of benzene rings is 1. The Morgan fingerprint density at radius 2 is 2.36 bits per heavy atom. The first-order valence-corrected chi connectivity index (χ1v) is 8.38. The number of hydrogen-bond donors (Lipinski definition) is 2. The zero-order valence-corrected chi connectivity index (χ0v) is 14.1. The maximum absolute atomic E-state index is 14.3. The number of amides is 2. The highest BCUT2D eigenvalue weighted by Gasteiger charge is 2.32. The van der Waals surface area contributed by atoms with Gasteiger partial charge in [-0.25, -0.2) is 9.18 Å². The van der Waals surface area contributed by atoms with E-state index in [4.69, 9.17) is 9.47 Å². The molecule has 2 heterocycles. The van der Waals surface area contributed by atoms with E-state index in [1.807, 2.05) is 0 Å². The standard InChI is InChI=1S/C17H22FN3O4/c1-11(22)20-8-14-9-21(17(23)25-14)13-2-3-16(15(18)6-13)24-10-12-4-5-19-7-12/h2-3,6,12,14,19H,4-5,7-10H2,1H3,(H,20,22)/t12?,14-/m0/s1. The highest BCUT2D eigenvalue weighted by atomic mass is 19.1. The predicted molar refractivity (Wildman–Crippen MR) is 89.2 cm³/mol. The van der Waals surface area contributed by atoms with Crippen molar-refractivity contribution in [2.75, 3.05) is 37.7 Å². The second-order valence-electron chi connectivity index (χ2n) is 6.34. The minimum absolute atomic E-state index is 0.179. The summed E-state index contributed by atoms with van der Waals surface area (Å²) in [4.78, 5) is 24.2. The van der Waals surface area contributed by atoms with Gasteiger partial charge in [-0.1, -0.05) is 0 Å². The number of rotatable bonds is 6. The molecule has 3 rings (SSSR count). The smallest absolute Gasteiger partial charge is 0.414 e. The van der Waals surface area contributed by atoms with E-state index in [1.54, 1.807) is 6.07 Å². The lowest BCUT2D eigenvalue weighted by atomic mass is 10.1. The van der Waals surface area contributed by atoms with Gasteiger partial charge in [0, 0.05) is 25.5 Å². The molecule has 2 aliphatic heterocycles. The molecule has 0 spiro atoms. The van der Waals surface area contributed by atoms with Crippen molar-refractivity contribution in [1.29, 1.82) is 0 Å². The monoisotopic (exact) mass is 351 g/mol. The number of halogens is 1. The fourth-order valence-corrected chi connectivity index (χ4v) is 2.94. The van der Waals surface area contributed by atoms with Crippen LogP contribution < -0.4 is 20.3 Å². The molecule has 7 nitrogen and oxygen atoms in total. The predicted octanol–water partition coefficient (Wildman–Crippen LogP) is 1.28. The van der Waals surface area contributed by atoms with Gasteiger partial charge in [-0.2, -0.15) is 0 Å². The molecule has 1 aromatic rings. The molecular weight excluding hydrogens is 329 g/mol. The third-order valence-electron chi connectivity index (χ3n) is 4.32. The normalized spacial score (nSPS) is 22.8.